The van der Waals surface area contributed by atoms with E-state index < -0.39 is 0 Å². The third kappa shape index (κ3) is 2.37. The van der Waals surface area contributed by atoms with Gasteiger partial charge >= 0.3 is 0 Å². The number of amides is 1. The number of carbonyl (C=O) groups excluding carboxylic acids is 1. The van der Waals surface area contributed by atoms with E-state index in [4.69, 9.17) is 0 Å². The maximum atomic E-state index is 13.7. The summed E-state index contributed by atoms with van der Waals surface area (Å²) in [5.41, 5.74) is 5.19. The quantitative estimate of drug-likeness (QED) is 0.696. The van der Waals surface area contributed by atoms with E-state index in [9.17, 15) is 4.79 Å². The van der Waals surface area contributed by atoms with Crippen molar-refractivity contribution in [3.05, 3.63) is 59.3 Å². The summed E-state index contributed by atoms with van der Waals surface area (Å²) < 4.78 is 2.08. The molecule has 1 aromatic carbocycles. The number of benzene rings is 1. The molecular weight excluding hydrogens is 332 g/mol. The number of rotatable bonds is 1. The van der Waals surface area contributed by atoms with E-state index in [2.05, 4.69) is 47.6 Å². The summed E-state index contributed by atoms with van der Waals surface area (Å²) in [6.07, 6.45) is 11.3. The molecular formula is C24H28N2O. The van der Waals surface area contributed by atoms with E-state index in [-0.39, 0.29) is 17.4 Å². The first-order valence-electron chi connectivity index (χ1n) is 10.2. The van der Waals surface area contributed by atoms with E-state index in [1.807, 2.05) is 25.4 Å². The Morgan fingerprint density at radius 2 is 1.93 bits per heavy atom. The minimum Gasteiger partial charge on any atom is -0.350 e. The van der Waals surface area contributed by atoms with Gasteiger partial charge in [0.1, 0.15) is 0 Å². The molecule has 0 spiro atoms. The molecule has 1 aliphatic heterocycles. The second kappa shape index (κ2) is 5.85. The molecule has 0 N–H and O–H groups in total. The molecule has 1 saturated heterocycles. The van der Waals surface area contributed by atoms with Crippen molar-refractivity contribution in [2.75, 3.05) is 6.54 Å². The smallest absolute Gasteiger partial charge is 0.256 e. The van der Waals surface area contributed by atoms with Crippen LogP contribution in [0.3, 0.4) is 0 Å². The molecule has 2 atom stereocenters. The summed E-state index contributed by atoms with van der Waals surface area (Å²) in [7, 11) is 2.03. The van der Waals surface area contributed by atoms with Crippen LogP contribution in [0.1, 0.15) is 49.9 Å². The predicted octanol–water partition coefficient (Wildman–Crippen LogP) is 5.09. The van der Waals surface area contributed by atoms with Gasteiger partial charge in [-0.3, -0.25) is 4.79 Å². The van der Waals surface area contributed by atoms with Gasteiger partial charge in [0, 0.05) is 36.7 Å². The first kappa shape index (κ1) is 16.9. The van der Waals surface area contributed by atoms with Crippen LogP contribution in [0.4, 0.5) is 0 Å². The average Bonchev–Trinajstić information content (AvgIpc) is 2.98. The maximum absolute atomic E-state index is 13.7. The van der Waals surface area contributed by atoms with E-state index >= 15 is 0 Å². The second-order valence-corrected chi connectivity index (χ2v) is 9.02. The minimum absolute atomic E-state index is 0.124. The van der Waals surface area contributed by atoms with Gasteiger partial charge in [0.15, 0.2) is 0 Å². The third-order valence-corrected chi connectivity index (χ3v) is 7.26. The summed E-state index contributed by atoms with van der Waals surface area (Å²) in [6, 6.07) is 8.51. The molecule has 3 nitrogen and oxygen atoms in total. The summed E-state index contributed by atoms with van der Waals surface area (Å²) in [5.74, 6) is 0.784. The number of aromatic nitrogens is 1. The Labute approximate surface area is 161 Å². The van der Waals surface area contributed by atoms with Crippen molar-refractivity contribution in [1.82, 2.24) is 9.47 Å². The van der Waals surface area contributed by atoms with Gasteiger partial charge in [-0.2, -0.15) is 0 Å². The highest BCUT2D eigenvalue weighted by Gasteiger charge is 2.51. The lowest BCUT2D eigenvalue weighted by Crippen LogP contribution is -2.59. The lowest BCUT2D eigenvalue weighted by molar-refractivity contribution is -0.00231. The molecule has 5 rings (SSSR count). The fourth-order valence-corrected chi connectivity index (χ4v) is 5.79. The average molecular weight is 361 g/mol. The number of hydrogen-bond donors (Lipinski definition) is 0. The third-order valence-electron chi connectivity index (χ3n) is 7.26. The van der Waals surface area contributed by atoms with Crippen LogP contribution in [0.25, 0.3) is 10.9 Å². The normalized spacial score (nSPS) is 26.4. The van der Waals surface area contributed by atoms with Crippen molar-refractivity contribution in [2.24, 2.45) is 18.4 Å². The highest BCUT2D eigenvalue weighted by atomic mass is 16.2. The van der Waals surface area contributed by atoms with Crippen LogP contribution in [-0.4, -0.2) is 28.0 Å². The number of aryl methyl sites for hydroxylation is 1. The van der Waals surface area contributed by atoms with Crippen molar-refractivity contribution < 1.29 is 4.79 Å². The van der Waals surface area contributed by atoms with Crippen LogP contribution >= 0.6 is 0 Å². The van der Waals surface area contributed by atoms with Crippen molar-refractivity contribution in [1.29, 1.82) is 0 Å². The zero-order valence-corrected chi connectivity index (χ0v) is 16.5. The topological polar surface area (TPSA) is 25.2 Å². The molecule has 2 heterocycles. The van der Waals surface area contributed by atoms with E-state index in [1.165, 1.54) is 12.0 Å². The lowest BCUT2D eigenvalue weighted by atomic mass is 9.57. The summed E-state index contributed by atoms with van der Waals surface area (Å²) >= 11 is 0. The largest absolute Gasteiger partial charge is 0.350 e. The number of allylic oxidation sites excluding steroid dienone is 3. The maximum Gasteiger partial charge on any atom is 0.256 e. The molecule has 1 saturated carbocycles. The van der Waals surface area contributed by atoms with E-state index in [0.29, 0.717) is 5.92 Å². The molecule has 2 aliphatic carbocycles. The highest BCUT2D eigenvalue weighted by Crippen LogP contribution is 2.53. The zero-order chi connectivity index (χ0) is 18.8. The van der Waals surface area contributed by atoms with Gasteiger partial charge in [-0.1, -0.05) is 44.2 Å². The van der Waals surface area contributed by atoms with E-state index in [1.54, 1.807) is 5.57 Å². The van der Waals surface area contributed by atoms with Crippen LogP contribution in [0, 0.1) is 11.3 Å². The Hall–Kier alpha value is -2.29. The summed E-state index contributed by atoms with van der Waals surface area (Å²) in [5, 5.41) is 1.07. The van der Waals surface area contributed by atoms with Crippen LogP contribution in [0.2, 0.25) is 0 Å². The fourth-order valence-electron chi connectivity index (χ4n) is 5.79. The number of carbonyl (C=O) groups is 1. The number of para-hydroxylation sites is 1. The van der Waals surface area contributed by atoms with Crippen LogP contribution in [0.15, 0.2) is 53.8 Å². The molecule has 1 amide bonds. The molecule has 3 aliphatic rings. The summed E-state index contributed by atoms with van der Waals surface area (Å²) in [6.45, 7) is 5.61. The number of nitrogens with zero attached hydrogens (tertiary/aromatic N) is 2. The lowest BCUT2D eigenvalue weighted by Gasteiger charge is -2.56. The second-order valence-electron chi connectivity index (χ2n) is 9.02. The van der Waals surface area contributed by atoms with Crippen molar-refractivity contribution in [3.8, 4) is 0 Å². The summed E-state index contributed by atoms with van der Waals surface area (Å²) in [4.78, 5) is 15.8. The predicted molar refractivity (Wildman–Crippen MR) is 110 cm³/mol. The zero-order valence-electron chi connectivity index (χ0n) is 16.5. The Bertz CT molecular complexity index is 991. The van der Waals surface area contributed by atoms with Gasteiger partial charge in [0.2, 0.25) is 0 Å². The number of piperidine rings is 1. The molecule has 2 bridgehead atoms. The number of hydrogen-bond acceptors (Lipinski definition) is 1. The first-order chi connectivity index (χ1) is 13.0. The van der Waals surface area contributed by atoms with Crippen molar-refractivity contribution >= 4 is 16.8 Å². The van der Waals surface area contributed by atoms with Gasteiger partial charge in [-0.05, 0) is 54.2 Å². The van der Waals surface area contributed by atoms with Gasteiger partial charge in [-0.15, -0.1) is 0 Å². The molecule has 1 aromatic heterocycles. The molecule has 3 heteroatoms. The standard InChI is InChI=1S/C24H28N2O/c1-24(2)20-12-13-26(22(24)14-16-8-4-5-9-17(16)20)23(27)19-15-25(3)21-11-7-6-10-18(19)21/h6-11,15,20,22H,4-5,12-14H2,1-3H3/t20-,22+/m0/s1. The molecule has 0 radical (unpaired) electrons. The Morgan fingerprint density at radius 1 is 1.15 bits per heavy atom. The van der Waals surface area contributed by atoms with Crippen LogP contribution in [-0.2, 0) is 7.05 Å². The van der Waals surface area contributed by atoms with Crippen LogP contribution in [0.5, 0.6) is 0 Å². The molecule has 2 aromatic rings. The number of fused-ring (bicyclic) bond motifs is 5. The minimum atomic E-state index is 0.124. The van der Waals surface area contributed by atoms with Gasteiger partial charge in [0.25, 0.3) is 5.91 Å². The first-order valence-corrected chi connectivity index (χ1v) is 10.2. The highest BCUT2D eigenvalue weighted by molar-refractivity contribution is 6.07. The molecule has 0 unspecified atom stereocenters. The van der Waals surface area contributed by atoms with E-state index in [0.717, 1.165) is 42.3 Å². The fraction of sp³-hybridized carbons (Fsp3) is 0.458. The van der Waals surface area contributed by atoms with Crippen molar-refractivity contribution in [3.63, 3.8) is 0 Å². The number of likely N-dealkylation sites (tertiary alicyclic amines) is 1. The van der Waals surface area contributed by atoms with Gasteiger partial charge in [-0.25, -0.2) is 0 Å². The molecule has 140 valence electrons. The molecule has 27 heavy (non-hydrogen) atoms. The Morgan fingerprint density at radius 3 is 2.78 bits per heavy atom. The van der Waals surface area contributed by atoms with Gasteiger partial charge < -0.3 is 9.47 Å². The Balaban J connectivity index is 1.55. The SMILES string of the molecule is Cn1cc(C(=O)N2CC[C@H]3C4=CCCC=C4C[C@@H]2C3(C)C)c2ccccc21. The Kier molecular flexibility index (Phi) is 3.65. The van der Waals surface area contributed by atoms with Crippen molar-refractivity contribution in [2.45, 2.75) is 45.6 Å². The van der Waals surface area contributed by atoms with Gasteiger partial charge in [0.05, 0.1) is 5.56 Å². The monoisotopic (exact) mass is 360 g/mol. The molecule has 2 fully saturated rings. The van der Waals surface area contributed by atoms with Crippen LogP contribution < -0.4 is 0 Å².